The van der Waals surface area contributed by atoms with Crippen LogP contribution in [0.4, 0.5) is 4.39 Å². The Balaban J connectivity index is 2.61. The Labute approximate surface area is 128 Å². The van der Waals surface area contributed by atoms with E-state index in [0.717, 1.165) is 0 Å². The Bertz CT molecular complexity index is 689. The van der Waals surface area contributed by atoms with E-state index in [0.29, 0.717) is 5.70 Å². The molecule has 0 N–H and O–H groups in total. The van der Waals surface area contributed by atoms with Crippen LogP contribution in [0.2, 0.25) is 0 Å². The fourth-order valence-electron chi connectivity index (χ4n) is 2.57. The first-order valence-corrected chi connectivity index (χ1v) is 6.97. The molecule has 5 heteroatoms. The first kappa shape index (κ1) is 15.9. The van der Waals surface area contributed by atoms with E-state index < -0.39 is 11.8 Å². The second-order valence-corrected chi connectivity index (χ2v) is 5.30. The maximum Gasteiger partial charge on any atom is 0.340 e. The highest BCUT2D eigenvalue weighted by Crippen LogP contribution is 2.33. The molecule has 0 atom stereocenters. The Morgan fingerprint density at radius 1 is 1.32 bits per heavy atom. The summed E-state index contributed by atoms with van der Waals surface area (Å²) in [4.78, 5) is 26.1. The Kier molecular flexibility index (Phi) is 4.45. The lowest BCUT2D eigenvalue weighted by molar-refractivity contribution is -0.136. The summed E-state index contributed by atoms with van der Waals surface area (Å²) < 4.78 is 18.6. The summed E-state index contributed by atoms with van der Waals surface area (Å²) in [5.41, 5.74) is 1.12. The lowest BCUT2D eigenvalue weighted by Gasteiger charge is -2.22. The molecule has 22 heavy (non-hydrogen) atoms. The molecule has 0 aliphatic carbocycles. The van der Waals surface area contributed by atoms with Crippen LogP contribution in [0.3, 0.4) is 0 Å². The highest BCUT2D eigenvalue weighted by Gasteiger charge is 2.38. The molecular formula is C17H18FNO3. The van der Waals surface area contributed by atoms with Crippen molar-refractivity contribution >= 4 is 18.0 Å². The Morgan fingerprint density at radius 3 is 2.50 bits per heavy atom. The zero-order chi connectivity index (χ0) is 16.4. The Hall–Kier alpha value is -2.43. The molecule has 1 aromatic carbocycles. The smallest absolute Gasteiger partial charge is 0.340 e. The van der Waals surface area contributed by atoms with Crippen molar-refractivity contribution in [3.8, 4) is 0 Å². The van der Waals surface area contributed by atoms with E-state index in [1.54, 1.807) is 25.1 Å². The normalized spacial score (nSPS) is 16.9. The summed E-state index contributed by atoms with van der Waals surface area (Å²) in [6.45, 7) is 5.39. The summed E-state index contributed by atoms with van der Waals surface area (Å²) >= 11 is 0. The van der Waals surface area contributed by atoms with E-state index in [4.69, 9.17) is 4.74 Å². The van der Waals surface area contributed by atoms with Crippen LogP contribution in [0.15, 0.2) is 41.1 Å². The number of halogens is 1. The van der Waals surface area contributed by atoms with Gasteiger partial charge >= 0.3 is 5.97 Å². The largest absolute Gasteiger partial charge is 0.465 e. The fraction of sp³-hybridized carbons (Fsp3) is 0.294. The molecule has 1 heterocycles. The summed E-state index contributed by atoms with van der Waals surface area (Å²) in [5, 5.41) is 0. The first-order chi connectivity index (χ1) is 10.4. The summed E-state index contributed by atoms with van der Waals surface area (Å²) in [6, 6.07) is 5.98. The van der Waals surface area contributed by atoms with E-state index in [9.17, 15) is 14.0 Å². The van der Waals surface area contributed by atoms with E-state index in [1.807, 2.05) is 13.8 Å². The molecule has 0 fully saturated rings. The molecule has 116 valence electrons. The van der Waals surface area contributed by atoms with Gasteiger partial charge in [0.25, 0.3) is 5.91 Å². The zero-order valence-corrected chi connectivity index (χ0v) is 13.0. The van der Waals surface area contributed by atoms with Crippen LogP contribution in [0.25, 0.3) is 6.08 Å². The topological polar surface area (TPSA) is 46.6 Å². The minimum absolute atomic E-state index is 0.112. The van der Waals surface area contributed by atoms with Crippen molar-refractivity contribution in [1.29, 1.82) is 0 Å². The van der Waals surface area contributed by atoms with E-state index in [1.165, 1.54) is 24.2 Å². The van der Waals surface area contributed by atoms with Gasteiger partial charge in [0.15, 0.2) is 0 Å². The van der Waals surface area contributed by atoms with Crippen LogP contribution in [0.5, 0.6) is 0 Å². The average Bonchev–Trinajstić information content (AvgIpc) is 2.71. The SMILES string of the molecule is COC(=O)C1=C(C)N(C(C)C)C(=O)/C1=C\c1ccccc1F. The third-order valence-corrected chi connectivity index (χ3v) is 3.55. The predicted molar refractivity (Wildman–Crippen MR) is 81.1 cm³/mol. The minimum Gasteiger partial charge on any atom is -0.465 e. The lowest BCUT2D eigenvalue weighted by atomic mass is 10.0. The summed E-state index contributed by atoms with van der Waals surface area (Å²) in [5.74, 6) is -1.37. The number of allylic oxidation sites excluding steroid dienone is 1. The third-order valence-electron chi connectivity index (χ3n) is 3.55. The van der Waals surface area contributed by atoms with Gasteiger partial charge in [-0.05, 0) is 32.9 Å². The third kappa shape index (κ3) is 2.66. The van der Waals surface area contributed by atoms with Crippen molar-refractivity contribution in [2.45, 2.75) is 26.8 Å². The molecule has 2 rings (SSSR count). The van der Waals surface area contributed by atoms with Gasteiger partial charge < -0.3 is 9.64 Å². The van der Waals surface area contributed by atoms with Crippen molar-refractivity contribution < 1.29 is 18.7 Å². The van der Waals surface area contributed by atoms with E-state index in [2.05, 4.69) is 0 Å². The van der Waals surface area contributed by atoms with Crippen LogP contribution in [-0.2, 0) is 14.3 Å². The maximum atomic E-state index is 13.8. The highest BCUT2D eigenvalue weighted by atomic mass is 19.1. The van der Waals surface area contributed by atoms with Crippen LogP contribution in [0.1, 0.15) is 26.3 Å². The first-order valence-electron chi connectivity index (χ1n) is 6.97. The van der Waals surface area contributed by atoms with Gasteiger partial charge in [-0.15, -0.1) is 0 Å². The number of methoxy groups -OCH3 is 1. The Morgan fingerprint density at radius 2 is 1.95 bits per heavy atom. The molecule has 0 radical (unpaired) electrons. The van der Waals surface area contributed by atoms with Crippen LogP contribution in [-0.4, -0.2) is 29.9 Å². The van der Waals surface area contributed by atoms with Gasteiger partial charge in [0.1, 0.15) is 5.82 Å². The molecule has 1 aliphatic heterocycles. The molecule has 0 saturated carbocycles. The maximum absolute atomic E-state index is 13.8. The fourth-order valence-corrected chi connectivity index (χ4v) is 2.57. The molecule has 0 saturated heterocycles. The van der Waals surface area contributed by atoms with Crippen molar-refractivity contribution in [2.75, 3.05) is 7.11 Å². The monoisotopic (exact) mass is 303 g/mol. The van der Waals surface area contributed by atoms with Crippen molar-refractivity contribution in [1.82, 2.24) is 4.90 Å². The molecule has 0 aromatic heterocycles. The lowest BCUT2D eigenvalue weighted by Crippen LogP contribution is -2.31. The highest BCUT2D eigenvalue weighted by molar-refractivity contribution is 6.16. The van der Waals surface area contributed by atoms with Gasteiger partial charge in [-0.25, -0.2) is 9.18 Å². The molecule has 0 spiro atoms. The number of carbonyl (C=O) groups excluding carboxylic acids is 2. The molecular weight excluding hydrogens is 285 g/mol. The number of carbonyl (C=O) groups is 2. The number of esters is 1. The van der Waals surface area contributed by atoms with Crippen LogP contribution in [0, 0.1) is 5.82 Å². The predicted octanol–water partition coefficient (Wildman–Crippen LogP) is 2.91. The molecule has 0 bridgehead atoms. The quantitative estimate of drug-likeness (QED) is 0.637. The number of rotatable bonds is 3. The number of hydrogen-bond donors (Lipinski definition) is 0. The van der Waals surface area contributed by atoms with Gasteiger partial charge in [-0.3, -0.25) is 4.79 Å². The zero-order valence-electron chi connectivity index (χ0n) is 13.0. The number of amides is 1. The number of benzene rings is 1. The molecule has 0 unspecified atom stereocenters. The number of hydrogen-bond acceptors (Lipinski definition) is 3. The molecule has 4 nitrogen and oxygen atoms in total. The molecule has 1 aromatic rings. The average molecular weight is 303 g/mol. The molecule has 1 amide bonds. The number of ether oxygens (including phenoxy) is 1. The van der Waals surface area contributed by atoms with Gasteiger partial charge in [0.2, 0.25) is 0 Å². The standard InChI is InChI=1S/C17H18FNO3/c1-10(2)19-11(3)15(17(21)22-4)13(16(19)20)9-12-7-5-6-8-14(12)18/h5-10H,1-4H3/b13-9-. The second-order valence-electron chi connectivity index (χ2n) is 5.30. The second kappa shape index (κ2) is 6.13. The van der Waals surface area contributed by atoms with Gasteiger partial charge in [0, 0.05) is 17.3 Å². The van der Waals surface area contributed by atoms with Gasteiger partial charge in [0.05, 0.1) is 18.3 Å². The van der Waals surface area contributed by atoms with Crippen molar-refractivity contribution in [3.63, 3.8) is 0 Å². The van der Waals surface area contributed by atoms with Gasteiger partial charge in [-0.2, -0.15) is 0 Å². The van der Waals surface area contributed by atoms with Crippen LogP contribution >= 0.6 is 0 Å². The van der Waals surface area contributed by atoms with Crippen molar-refractivity contribution in [2.24, 2.45) is 0 Å². The summed E-state index contributed by atoms with van der Waals surface area (Å²) in [7, 11) is 1.26. The van der Waals surface area contributed by atoms with Crippen molar-refractivity contribution in [3.05, 3.63) is 52.5 Å². The number of nitrogens with zero attached hydrogens (tertiary/aromatic N) is 1. The summed E-state index contributed by atoms with van der Waals surface area (Å²) in [6.07, 6.45) is 1.40. The molecule has 1 aliphatic rings. The minimum atomic E-state index is -0.600. The van der Waals surface area contributed by atoms with Crippen LogP contribution < -0.4 is 0 Å². The van der Waals surface area contributed by atoms with Gasteiger partial charge in [-0.1, -0.05) is 18.2 Å². The van der Waals surface area contributed by atoms with E-state index in [-0.39, 0.29) is 28.7 Å². The van der Waals surface area contributed by atoms with E-state index >= 15 is 0 Å².